The van der Waals surface area contributed by atoms with E-state index in [0.717, 1.165) is 0 Å². The van der Waals surface area contributed by atoms with Gasteiger partial charge < -0.3 is 14.3 Å². The van der Waals surface area contributed by atoms with E-state index in [9.17, 15) is 14.4 Å². The van der Waals surface area contributed by atoms with Crippen LogP contribution >= 0.6 is 11.3 Å². The van der Waals surface area contributed by atoms with Gasteiger partial charge in [-0.05, 0) is 26.8 Å². The Labute approximate surface area is 127 Å². The number of likely N-dealkylation sites (N-methyl/N-ethyl adjacent to an activating group) is 1. The molecule has 21 heavy (non-hydrogen) atoms. The van der Waals surface area contributed by atoms with Gasteiger partial charge in [0.2, 0.25) is 0 Å². The molecule has 0 N–H and O–H groups in total. The average molecular weight is 313 g/mol. The molecule has 1 aromatic heterocycles. The lowest BCUT2D eigenvalue weighted by atomic mass is 10.2. The molecule has 1 aromatic rings. The van der Waals surface area contributed by atoms with Crippen LogP contribution in [0.2, 0.25) is 0 Å². The molecule has 0 aliphatic heterocycles. The largest absolute Gasteiger partial charge is 0.465 e. The Balaban J connectivity index is 2.92. The normalized spacial score (nSPS) is 12.4. The molecule has 0 aliphatic rings. The minimum absolute atomic E-state index is 0.349. The van der Waals surface area contributed by atoms with Crippen molar-refractivity contribution in [3.8, 4) is 0 Å². The maximum atomic E-state index is 12.0. The van der Waals surface area contributed by atoms with Crippen molar-refractivity contribution >= 4 is 29.7 Å². The number of hydrogen-bond donors (Lipinski definition) is 0. The summed E-state index contributed by atoms with van der Waals surface area (Å²) in [6.07, 6.45) is 0.0317. The fourth-order valence-corrected chi connectivity index (χ4v) is 2.50. The highest BCUT2D eigenvalue weighted by Gasteiger charge is 2.27. The summed E-state index contributed by atoms with van der Waals surface area (Å²) in [5.41, 5.74) is -0.298. The molecule has 1 heterocycles. The second-order valence-corrected chi connectivity index (χ2v) is 6.34. The summed E-state index contributed by atoms with van der Waals surface area (Å²) in [6.45, 7) is 5.24. The molecule has 116 valence electrons. The number of carbonyl (C=O) groups excluding carboxylic acids is 3. The summed E-state index contributed by atoms with van der Waals surface area (Å²) < 4.78 is 9.83. The van der Waals surface area contributed by atoms with E-state index < -0.39 is 23.7 Å². The maximum Gasteiger partial charge on any atom is 0.410 e. The Morgan fingerprint density at radius 2 is 2.00 bits per heavy atom. The van der Waals surface area contributed by atoms with E-state index in [2.05, 4.69) is 4.74 Å². The van der Waals surface area contributed by atoms with Gasteiger partial charge in [0.05, 0.1) is 12.7 Å². The smallest absolute Gasteiger partial charge is 0.410 e. The molecule has 0 saturated heterocycles. The van der Waals surface area contributed by atoms with Crippen LogP contribution in [0.15, 0.2) is 11.4 Å². The zero-order chi connectivity index (χ0) is 16.2. The molecule has 1 unspecified atom stereocenters. The lowest BCUT2D eigenvalue weighted by Gasteiger charge is -2.27. The summed E-state index contributed by atoms with van der Waals surface area (Å²) >= 11 is 1.21. The van der Waals surface area contributed by atoms with Gasteiger partial charge in [-0.25, -0.2) is 9.59 Å². The molecular formula is C14H19NO5S. The first kappa shape index (κ1) is 17.2. The summed E-state index contributed by atoms with van der Waals surface area (Å²) in [6, 6.07) is 0.736. The van der Waals surface area contributed by atoms with Gasteiger partial charge >= 0.3 is 12.1 Å². The lowest BCUT2D eigenvalue weighted by molar-refractivity contribution is -0.112. The van der Waals surface area contributed by atoms with Gasteiger partial charge in [-0.2, -0.15) is 0 Å². The van der Waals surface area contributed by atoms with Gasteiger partial charge in [0, 0.05) is 17.3 Å². The Kier molecular flexibility index (Phi) is 5.48. The van der Waals surface area contributed by atoms with Crippen LogP contribution in [-0.4, -0.2) is 43.0 Å². The number of esters is 1. The van der Waals surface area contributed by atoms with Crippen molar-refractivity contribution in [1.82, 2.24) is 4.90 Å². The van der Waals surface area contributed by atoms with Gasteiger partial charge in [0.15, 0.2) is 0 Å². The van der Waals surface area contributed by atoms with Crippen molar-refractivity contribution < 1.29 is 23.9 Å². The highest BCUT2D eigenvalue weighted by atomic mass is 32.1. The molecule has 1 amide bonds. The molecule has 6 nitrogen and oxygen atoms in total. The molecule has 0 saturated carbocycles. The van der Waals surface area contributed by atoms with Gasteiger partial charge in [-0.1, -0.05) is 0 Å². The van der Waals surface area contributed by atoms with E-state index in [0.29, 0.717) is 16.7 Å². The van der Waals surface area contributed by atoms with Crippen molar-refractivity contribution in [3.63, 3.8) is 0 Å². The summed E-state index contributed by atoms with van der Waals surface area (Å²) in [5.74, 6) is -0.484. The van der Waals surface area contributed by atoms with Crippen LogP contribution in [0.1, 0.15) is 42.0 Å². The molecule has 7 heteroatoms. The number of aldehydes is 1. The maximum absolute atomic E-state index is 12.0. The average Bonchev–Trinajstić information content (AvgIpc) is 2.86. The molecule has 0 aromatic carbocycles. The first-order valence-electron chi connectivity index (χ1n) is 6.27. The molecule has 0 aliphatic carbocycles. The standard InChI is InChI=1S/C14H19NO5S/c1-14(2,3)20-13(18)15(4)10(7-16)11-6-9(8-21-11)12(17)19-5/h6-8,10H,1-5H3. The van der Waals surface area contributed by atoms with Crippen LogP contribution in [0.25, 0.3) is 0 Å². The third-order valence-corrected chi connectivity index (χ3v) is 3.56. The Bertz CT molecular complexity index is 532. The van der Waals surface area contributed by atoms with Crippen LogP contribution in [0.5, 0.6) is 0 Å². The Hall–Kier alpha value is -1.89. The van der Waals surface area contributed by atoms with Crippen molar-refractivity contribution in [2.45, 2.75) is 32.4 Å². The van der Waals surface area contributed by atoms with E-state index in [1.807, 2.05) is 0 Å². The van der Waals surface area contributed by atoms with Gasteiger partial charge in [0.25, 0.3) is 0 Å². The third kappa shape index (κ3) is 4.56. The Morgan fingerprint density at radius 3 is 2.48 bits per heavy atom. The zero-order valence-electron chi connectivity index (χ0n) is 12.7. The van der Waals surface area contributed by atoms with Crippen molar-refractivity contribution in [2.24, 2.45) is 0 Å². The number of amides is 1. The monoisotopic (exact) mass is 313 g/mol. The highest BCUT2D eigenvalue weighted by molar-refractivity contribution is 7.10. The molecule has 1 atom stereocenters. The van der Waals surface area contributed by atoms with Crippen LogP contribution in [-0.2, 0) is 14.3 Å². The van der Waals surface area contributed by atoms with Crippen molar-refractivity contribution in [1.29, 1.82) is 0 Å². The molecule has 0 bridgehead atoms. The highest BCUT2D eigenvalue weighted by Crippen LogP contribution is 2.26. The number of nitrogens with zero attached hydrogens (tertiary/aromatic N) is 1. The quantitative estimate of drug-likeness (QED) is 0.631. The Morgan fingerprint density at radius 1 is 1.38 bits per heavy atom. The van der Waals surface area contributed by atoms with Crippen LogP contribution < -0.4 is 0 Å². The van der Waals surface area contributed by atoms with E-state index in [-0.39, 0.29) is 0 Å². The number of ether oxygens (including phenoxy) is 2. The SMILES string of the molecule is COC(=O)c1csc(C(C=O)N(C)C(=O)OC(C)(C)C)c1. The number of thiophene rings is 1. The topological polar surface area (TPSA) is 72.9 Å². The van der Waals surface area contributed by atoms with Gasteiger partial charge in [-0.15, -0.1) is 11.3 Å². The lowest BCUT2D eigenvalue weighted by Crippen LogP contribution is -2.37. The fourth-order valence-electron chi connectivity index (χ4n) is 1.53. The van der Waals surface area contributed by atoms with E-state index in [4.69, 9.17) is 4.74 Å². The number of hydrogen-bond acceptors (Lipinski definition) is 6. The van der Waals surface area contributed by atoms with E-state index in [1.165, 1.54) is 36.5 Å². The van der Waals surface area contributed by atoms with Gasteiger partial charge in [0.1, 0.15) is 17.9 Å². The third-order valence-electron chi connectivity index (χ3n) is 2.56. The van der Waals surface area contributed by atoms with Crippen LogP contribution in [0, 0.1) is 0 Å². The van der Waals surface area contributed by atoms with Crippen molar-refractivity contribution in [3.05, 3.63) is 21.9 Å². The summed E-state index contributed by atoms with van der Waals surface area (Å²) in [7, 11) is 2.76. The molecule has 0 radical (unpaired) electrons. The minimum atomic E-state index is -0.803. The first-order valence-corrected chi connectivity index (χ1v) is 7.15. The predicted octanol–water partition coefficient (Wildman–Crippen LogP) is 2.64. The second-order valence-electron chi connectivity index (χ2n) is 5.40. The second kappa shape index (κ2) is 6.71. The number of methoxy groups -OCH3 is 1. The van der Waals surface area contributed by atoms with E-state index in [1.54, 1.807) is 26.2 Å². The minimum Gasteiger partial charge on any atom is -0.465 e. The van der Waals surface area contributed by atoms with Crippen LogP contribution in [0.3, 0.4) is 0 Å². The summed E-state index contributed by atoms with van der Waals surface area (Å²) in [5, 5.41) is 1.58. The fraction of sp³-hybridized carbons (Fsp3) is 0.500. The molecule has 0 fully saturated rings. The molecule has 1 rings (SSSR count). The predicted molar refractivity (Wildman–Crippen MR) is 78.5 cm³/mol. The van der Waals surface area contributed by atoms with Crippen molar-refractivity contribution in [2.75, 3.05) is 14.2 Å². The molecule has 0 spiro atoms. The summed E-state index contributed by atoms with van der Waals surface area (Å²) in [4.78, 5) is 36.5. The number of carbonyl (C=O) groups is 3. The van der Waals surface area contributed by atoms with E-state index >= 15 is 0 Å². The number of rotatable bonds is 4. The van der Waals surface area contributed by atoms with Crippen LogP contribution in [0.4, 0.5) is 4.79 Å². The zero-order valence-corrected chi connectivity index (χ0v) is 13.5. The van der Waals surface area contributed by atoms with Gasteiger partial charge in [-0.3, -0.25) is 4.90 Å². The molecular weight excluding hydrogens is 294 g/mol. The first-order chi connectivity index (χ1) is 9.69.